The number of benzene rings is 2. The number of hydrogen-bond acceptors (Lipinski definition) is 5. The number of aryl methyl sites for hydroxylation is 1. The van der Waals surface area contributed by atoms with Gasteiger partial charge >= 0.3 is 0 Å². The SMILES string of the molecule is Cc1cc(NC(=O)[C@@](C)(O)COc2ccc(F)c(Cl)c2)ccc1[N+](=O)[O-]. The van der Waals surface area contributed by atoms with Crippen molar-refractivity contribution in [3.63, 3.8) is 0 Å². The van der Waals surface area contributed by atoms with Gasteiger partial charge in [-0.05, 0) is 38.1 Å². The summed E-state index contributed by atoms with van der Waals surface area (Å²) in [6, 6.07) is 7.69. The van der Waals surface area contributed by atoms with Crippen LogP contribution in [0.25, 0.3) is 0 Å². The quantitative estimate of drug-likeness (QED) is 0.588. The van der Waals surface area contributed by atoms with Gasteiger partial charge in [0.25, 0.3) is 11.6 Å². The second-order valence-electron chi connectivity index (χ2n) is 5.85. The fourth-order valence-electron chi connectivity index (χ4n) is 2.06. The Hall–Kier alpha value is -2.71. The summed E-state index contributed by atoms with van der Waals surface area (Å²) in [5, 5.41) is 23.4. The summed E-state index contributed by atoms with van der Waals surface area (Å²) < 4.78 is 18.4. The zero-order valence-corrected chi connectivity index (χ0v) is 14.7. The summed E-state index contributed by atoms with van der Waals surface area (Å²) in [7, 11) is 0. The molecule has 1 atom stereocenters. The van der Waals surface area contributed by atoms with Crippen LogP contribution in [-0.2, 0) is 4.79 Å². The van der Waals surface area contributed by atoms with Crippen LogP contribution in [0.5, 0.6) is 5.75 Å². The van der Waals surface area contributed by atoms with E-state index in [0.717, 1.165) is 6.07 Å². The van der Waals surface area contributed by atoms with E-state index < -0.39 is 28.9 Å². The highest BCUT2D eigenvalue weighted by Gasteiger charge is 2.31. The van der Waals surface area contributed by atoms with E-state index in [1.165, 1.54) is 44.2 Å². The fraction of sp³-hybridized carbons (Fsp3) is 0.235. The molecule has 0 saturated heterocycles. The van der Waals surface area contributed by atoms with Crippen LogP contribution in [0.2, 0.25) is 5.02 Å². The molecular weight excluding hydrogens is 367 g/mol. The number of nitrogens with zero attached hydrogens (tertiary/aromatic N) is 1. The van der Waals surface area contributed by atoms with Crippen LogP contribution in [0.4, 0.5) is 15.8 Å². The van der Waals surface area contributed by atoms with Crippen molar-refractivity contribution in [1.82, 2.24) is 0 Å². The molecular formula is C17H16ClFN2O5. The number of nitro groups is 1. The molecule has 0 radical (unpaired) electrons. The van der Waals surface area contributed by atoms with Gasteiger partial charge in [0, 0.05) is 23.4 Å². The van der Waals surface area contributed by atoms with E-state index in [0.29, 0.717) is 11.3 Å². The molecule has 0 saturated carbocycles. The summed E-state index contributed by atoms with van der Waals surface area (Å²) in [4.78, 5) is 22.5. The van der Waals surface area contributed by atoms with Crippen molar-refractivity contribution < 1.29 is 24.0 Å². The maximum atomic E-state index is 13.1. The maximum Gasteiger partial charge on any atom is 0.272 e. The maximum absolute atomic E-state index is 13.1. The largest absolute Gasteiger partial charge is 0.490 e. The highest BCUT2D eigenvalue weighted by Crippen LogP contribution is 2.24. The van der Waals surface area contributed by atoms with E-state index in [1.54, 1.807) is 0 Å². The van der Waals surface area contributed by atoms with E-state index in [2.05, 4.69) is 5.32 Å². The number of ether oxygens (including phenoxy) is 1. The molecule has 7 nitrogen and oxygen atoms in total. The van der Waals surface area contributed by atoms with Gasteiger partial charge in [-0.3, -0.25) is 14.9 Å². The lowest BCUT2D eigenvalue weighted by molar-refractivity contribution is -0.385. The van der Waals surface area contributed by atoms with Crippen molar-refractivity contribution in [1.29, 1.82) is 0 Å². The standard InChI is InChI=1S/C17H16ClFN2O5/c1-10-7-11(3-6-15(10)21(24)25)20-16(22)17(2,23)9-26-12-4-5-14(19)13(18)8-12/h3-8,23H,9H2,1-2H3,(H,20,22)/t17-/m0/s1. The smallest absolute Gasteiger partial charge is 0.272 e. The summed E-state index contributed by atoms with van der Waals surface area (Å²) in [5.74, 6) is -1.19. The van der Waals surface area contributed by atoms with Crippen LogP contribution in [0, 0.1) is 22.9 Å². The Morgan fingerprint density at radius 2 is 2.08 bits per heavy atom. The van der Waals surface area contributed by atoms with Gasteiger partial charge in [0.05, 0.1) is 9.95 Å². The molecule has 1 amide bonds. The molecule has 0 spiro atoms. The van der Waals surface area contributed by atoms with Gasteiger partial charge in [-0.25, -0.2) is 4.39 Å². The van der Waals surface area contributed by atoms with Crippen molar-refractivity contribution in [2.24, 2.45) is 0 Å². The fourth-order valence-corrected chi connectivity index (χ4v) is 2.23. The lowest BCUT2D eigenvalue weighted by Crippen LogP contribution is -2.45. The number of aliphatic hydroxyl groups is 1. The minimum atomic E-state index is -1.91. The number of rotatable bonds is 6. The number of hydrogen-bond donors (Lipinski definition) is 2. The van der Waals surface area contributed by atoms with Crippen molar-refractivity contribution in [2.45, 2.75) is 19.4 Å². The Labute approximate surface area is 153 Å². The molecule has 0 bridgehead atoms. The highest BCUT2D eigenvalue weighted by atomic mass is 35.5. The molecule has 26 heavy (non-hydrogen) atoms. The highest BCUT2D eigenvalue weighted by molar-refractivity contribution is 6.30. The molecule has 9 heteroatoms. The molecule has 0 fully saturated rings. The number of nitro benzene ring substituents is 1. The Bertz CT molecular complexity index is 857. The molecule has 2 N–H and O–H groups in total. The lowest BCUT2D eigenvalue weighted by atomic mass is 10.1. The van der Waals surface area contributed by atoms with Crippen LogP contribution in [0.15, 0.2) is 36.4 Å². The van der Waals surface area contributed by atoms with Gasteiger partial charge in [-0.15, -0.1) is 0 Å². The molecule has 2 aromatic rings. The first-order valence-electron chi connectivity index (χ1n) is 7.47. The number of amides is 1. The van der Waals surface area contributed by atoms with Crippen LogP contribution in [0.3, 0.4) is 0 Å². The molecule has 0 unspecified atom stereocenters. The third-order valence-corrected chi connectivity index (χ3v) is 3.84. The van der Waals surface area contributed by atoms with Crippen LogP contribution >= 0.6 is 11.6 Å². The molecule has 0 heterocycles. The molecule has 138 valence electrons. The molecule has 0 aliphatic rings. The molecule has 2 aromatic carbocycles. The second-order valence-corrected chi connectivity index (χ2v) is 6.26. The number of carbonyl (C=O) groups is 1. The van der Waals surface area contributed by atoms with Gasteiger partial charge in [-0.2, -0.15) is 0 Å². The Morgan fingerprint density at radius 1 is 1.38 bits per heavy atom. The third-order valence-electron chi connectivity index (χ3n) is 3.55. The van der Waals surface area contributed by atoms with Gasteiger partial charge < -0.3 is 15.2 Å². The van der Waals surface area contributed by atoms with Crippen LogP contribution < -0.4 is 10.1 Å². The zero-order chi connectivity index (χ0) is 19.5. The van der Waals surface area contributed by atoms with Gasteiger partial charge in [-0.1, -0.05) is 11.6 Å². The van der Waals surface area contributed by atoms with E-state index in [4.69, 9.17) is 16.3 Å². The average Bonchev–Trinajstić information content (AvgIpc) is 2.55. The van der Waals surface area contributed by atoms with Crippen molar-refractivity contribution in [3.05, 3.63) is 62.9 Å². The average molecular weight is 383 g/mol. The van der Waals surface area contributed by atoms with E-state index in [9.17, 15) is 24.4 Å². The molecule has 2 rings (SSSR count). The summed E-state index contributed by atoms with van der Waals surface area (Å²) in [5.41, 5.74) is -1.32. The van der Waals surface area contributed by atoms with E-state index in [-0.39, 0.29) is 16.5 Å². The third kappa shape index (κ3) is 4.68. The van der Waals surface area contributed by atoms with Crippen LogP contribution in [0.1, 0.15) is 12.5 Å². The van der Waals surface area contributed by atoms with E-state index >= 15 is 0 Å². The summed E-state index contributed by atoms with van der Waals surface area (Å²) in [6.45, 7) is 2.37. The first kappa shape index (κ1) is 19.6. The Morgan fingerprint density at radius 3 is 2.65 bits per heavy atom. The first-order valence-corrected chi connectivity index (χ1v) is 7.84. The van der Waals surface area contributed by atoms with Gasteiger partial charge in [0.2, 0.25) is 0 Å². The number of anilines is 1. The second kappa shape index (κ2) is 7.67. The van der Waals surface area contributed by atoms with Crippen molar-refractivity contribution in [3.8, 4) is 5.75 Å². The van der Waals surface area contributed by atoms with Crippen molar-refractivity contribution >= 4 is 28.9 Å². The lowest BCUT2D eigenvalue weighted by Gasteiger charge is -2.22. The topological polar surface area (TPSA) is 102 Å². The minimum absolute atomic E-state index is 0.0775. The van der Waals surface area contributed by atoms with Crippen LogP contribution in [-0.4, -0.2) is 28.1 Å². The van der Waals surface area contributed by atoms with Gasteiger partial charge in [0.1, 0.15) is 18.2 Å². The molecule has 0 aromatic heterocycles. The molecule has 0 aliphatic heterocycles. The predicted octanol–water partition coefficient (Wildman–Crippen LogP) is 3.46. The Balaban J connectivity index is 2.03. The Kier molecular flexibility index (Phi) is 5.79. The zero-order valence-electron chi connectivity index (χ0n) is 14.0. The van der Waals surface area contributed by atoms with Crippen molar-refractivity contribution in [2.75, 3.05) is 11.9 Å². The van der Waals surface area contributed by atoms with E-state index in [1.807, 2.05) is 0 Å². The van der Waals surface area contributed by atoms with Gasteiger partial charge in [0.15, 0.2) is 5.60 Å². The summed E-state index contributed by atoms with van der Waals surface area (Å²) in [6.07, 6.45) is 0. The normalized spacial score (nSPS) is 13.0. The first-order chi connectivity index (χ1) is 12.1. The molecule has 0 aliphatic carbocycles. The number of halogens is 2. The number of nitrogens with one attached hydrogen (secondary N) is 1. The monoisotopic (exact) mass is 382 g/mol. The number of carbonyl (C=O) groups excluding carboxylic acids is 1. The predicted molar refractivity (Wildman–Crippen MR) is 94.0 cm³/mol. The minimum Gasteiger partial charge on any atom is -0.490 e. The summed E-state index contributed by atoms with van der Waals surface area (Å²) >= 11 is 5.64.